The highest BCUT2D eigenvalue weighted by molar-refractivity contribution is 7.15. The van der Waals surface area contributed by atoms with E-state index in [2.05, 4.69) is 20.7 Å². The van der Waals surface area contributed by atoms with Crippen LogP contribution in [0, 0.1) is 6.92 Å². The van der Waals surface area contributed by atoms with Gasteiger partial charge in [0.25, 0.3) is 5.91 Å². The lowest BCUT2D eigenvalue weighted by atomic mass is 10.1. The molecule has 0 saturated carbocycles. The number of H-pyrrole nitrogens is 1. The molecule has 0 aliphatic heterocycles. The Balaban J connectivity index is 1.70. The molecule has 0 spiro atoms. The Morgan fingerprint density at radius 1 is 1.25 bits per heavy atom. The minimum atomic E-state index is -0.385. The summed E-state index contributed by atoms with van der Waals surface area (Å²) in [6.45, 7) is 3.80. The predicted molar refractivity (Wildman–Crippen MR) is 94.4 cm³/mol. The highest BCUT2D eigenvalue weighted by Crippen LogP contribution is 2.26. The number of carbonyl (C=O) groups is 1. The molecule has 0 saturated heterocycles. The van der Waals surface area contributed by atoms with Crippen LogP contribution in [0.15, 0.2) is 47.6 Å². The molecular weight excluding hydrogens is 324 g/mol. The first kappa shape index (κ1) is 15.9. The number of aromatic nitrogens is 2. The zero-order valence-electron chi connectivity index (χ0n) is 13.2. The van der Waals surface area contributed by atoms with Gasteiger partial charge in [-0.25, -0.2) is 5.43 Å². The molecule has 24 heavy (non-hydrogen) atoms. The number of rotatable bonds is 4. The molecule has 0 bridgehead atoms. The summed E-state index contributed by atoms with van der Waals surface area (Å²) >= 11 is 1.63. The number of hydrogen-bond donors (Lipinski definition) is 3. The number of thiophene rings is 1. The molecule has 0 aliphatic carbocycles. The summed E-state index contributed by atoms with van der Waals surface area (Å²) in [6.07, 6.45) is 0. The van der Waals surface area contributed by atoms with Crippen LogP contribution < -0.4 is 5.43 Å². The molecule has 3 rings (SSSR count). The summed E-state index contributed by atoms with van der Waals surface area (Å²) < 4.78 is 0. The van der Waals surface area contributed by atoms with Gasteiger partial charge in [0.2, 0.25) is 0 Å². The number of phenolic OH excluding ortho intramolecular Hbond substituents is 1. The molecule has 3 aromatic rings. The van der Waals surface area contributed by atoms with Gasteiger partial charge in [0.1, 0.15) is 5.75 Å². The van der Waals surface area contributed by atoms with Crippen molar-refractivity contribution in [2.75, 3.05) is 0 Å². The molecule has 1 amide bonds. The second-order valence-electron chi connectivity index (χ2n) is 5.26. The molecule has 7 heteroatoms. The Morgan fingerprint density at radius 2 is 2.00 bits per heavy atom. The molecule has 3 N–H and O–H groups in total. The molecule has 0 unspecified atom stereocenters. The number of nitrogens with zero attached hydrogens (tertiary/aromatic N) is 2. The van der Waals surface area contributed by atoms with Gasteiger partial charge in [-0.15, -0.1) is 11.3 Å². The monoisotopic (exact) mass is 340 g/mol. The lowest BCUT2D eigenvalue weighted by molar-refractivity contribution is 0.0950. The first-order valence-corrected chi connectivity index (χ1v) is 8.11. The molecule has 2 heterocycles. The fraction of sp³-hybridized carbons (Fsp3) is 0.118. The van der Waals surface area contributed by atoms with Crippen molar-refractivity contribution in [2.45, 2.75) is 13.8 Å². The number of hydrazone groups is 1. The first-order valence-electron chi connectivity index (χ1n) is 7.29. The Labute approximate surface area is 142 Å². The van der Waals surface area contributed by atoms with Crippen LogP contribution in [0.1, 0.15) is 27.9 Å². The smallest absolute Gasteiger partial charge is 0.291 e. The van der Waals surface area contributed by atoms with E-state index in [1.54, 1.807) is 48.6 Å². The topological polar surface area (TPSA) is 90.4 Å². The third-order valence-corrected chi connectivity index (χ3v) is 4.46. The third kappa shape index (κ3) is 3.52. The van der Waals surface area contributed by atoms with Gasteiger partial charge < -0.3 is 5.11 Å². The second-order valence-corrected chi connectivity index (χ2v) is 6.55. The van der Waals surface area contributed by atoms with Gasteiger partial charge in [-0.2, -0.15) is 10.2 Å². The number of aryl methyl sites for hydroxylation is 1. The number of phenols is 1. The number of aromatic hydroxyl groups is 1. The van der Waals surface area contributed by atoms with Crippen LogP contribution >= 0.6 is 11.3 Å². The number of benzene rings is 1. The van der Waals surface area contributed by atoms with Crippen LogP contribution in [0.2, 0.25) is 0 Å². The summed E-state index contributed by atoms with van der Waals surface area (Å²) in [7, 11) is 0. The van der Waals surface area contributed by atoms with Crippen LogP contribution in [0.3, 0.4) is 0 Å². The molecule has 2 aromatic heterocycles. The van der Waals surface area contributed by atoms with E-state index in [-0.39, 0.29) is 17.4 Å². The number of hydrogen-bond acceptors (Lipinski definition) is 5. The zero-order chi connectivity index (χ0) is 17.1. The second kappa shape index (κ2) is 6.67. The van der Waals surface area contributed by atoms with Crippen molar-refractivity contribution in [1.82, 2.24) is 15.6 Å². The SMILES string of the molecule is C/C(=N\NC(=O)c1cc(-c2ccc(C)s2)[nH]n1)c1ccc(O)cc1. The zero-order valence-corrected chi connectivity index (χ0v) is 14.0. The van der Waals surface area contributed by atoms with Crippen molar-refractivity contribution in [2.24, 2.45) is 5.10 Å². The van der Waals surface area contributed by atoms with Gasteiger partial charge >= 0.3 is 0 Å². The minimum absolute atomic E-state index is 0.184. The Hall–Kier alpha value is -2.93. The lowest BCUT2D eigenvalue weighted by Crippen LogP contribution is -2.19. The van der Waals surface area contributed by atoms with E-state index in [9.17, 15) is 9.90 Å². The number of aromatic amines is 1. The van der Waals surface area contributed by atoms with Gasteiger partial charge in [0, 0.05) is 4.88 Å². The lowest BCUT2D eigenvalue weighted by Gasteiger charge is -2.01. The van der Waals surface area contributed by atoms with Gasteiger partial charge in [0.05, 0.1) is 16.3 Å². The molecule has 1 aromatic carbocycles. The standard InChI is InChI=1S/C17H16N4O2S/c1-10-3-8-16(24-10)14-9-15(20-19-14)17(23)21-18-11(2)12-4-6-13(22)7-5-12/h3-9,22H,1-2H3,(H,19,20)(H,21,23)/b18-11+. The van der Waals surface area contributed by atoms with Crippen molar-refractivity contribution in [1.29, 1.82) is 0 Å². The molecule has 0 radical (unpaired) electrons. The normalized spacial score (nSPS) is 11.5. The van der Waals surface area contributed by atoms with E-state index >= 15 is 0 Å². The first-order chi connectivity index (χ1) is 11.5. The van der Waals surface area contributed by atoms with Crippen molar-refractivity contribution in [3.63, 3.8) is 0 Å². The van der Waals surface area contributed by atoms with Gasteiger partial charge in [0.15, 0.2) is 5.69 Å². The number of carbonyl (C=O) groups excluding carboxylic acids is 1. The highest BCUT2D eigenvalue weighted by Gasteiger charge is 2.12. The summed E-state index contributed by atoms with van der Waals surface area (Å²) in [5.74, 6) is -0.202. The minimum Gasteiger partial charge on any atom is -0.508 e. The van der Waals surface area contributed by atoms with Crippen molar-refractivity contribution in [3.8, 4) is 16.3 Å². The fourth-order valence-corrected chi connectivity index (χ4v) is 2.94. The Kier molecular flexibility index (Phi) is 4.43. The summed E-state index contributed by atoms with van der Waals surface area (Å²) in [4.78, 5) is 14.4. The molecule has 0 aliphatic rings. The van der Waals surface area contributed by atoms with Crippen molar-refractivity contribution in [3.05, 3.63) is 58.6 Å². The molecule has 0 atom stereocenters. The van der Waals surface area contributed by atoms with Crippen molar-refractivity contribution < 1.29 is 9.90 Å². The average molecular weight is 340 g/mol. The molecule has 6 nitrogen and oxygen atoms in total. The van der Waals surface area contributed by atoms with Gasteiger partial charge in [-0.3, -0.25) is 9.89 Å². The Bertz CT molecular complexity index is 893. The maximum atomic E-state index is 12.1. The highest BCUT2D eigenvalue weighted by atomic mass is 32.1. The van der Waals surface area contributed by atoms with Gasteiger partial charge in [-0.1, -0.05) is 0 Å². The largest absolute Gasteiger partial charge is 0.508 e. The maximum Gasteiger partial charge on any atom is 0.291 e. The van der Waals surface area contributed by atoms with E-state index < -0.39 is 0 Å². The van der Waals surface area contributed by atoms with Crippen LogP contribution in [0.25, 0.3) is 10.6 Å². The molecule has 0 fully saturated rings. The van der Waals surface area contributed by atoms with E-state index in [1.165, 1.54) is 4.88 Å². The van der Waals surface area contributed by atoms with E-state index in [1.807, 2.05) is 19.1 Å². The molecule has 122 valence electrons. The van der Waals surface area contributed by atoms with Gasteiger partial charge in [-0.05, 0) is 61.9 Å². The van der Waals surface area contributed by atoms with E-state index in [4.69, 9.17) is 0 Å². The van der Waals surface area contributed by atoms with Crippen molar-refractivity contribution >= 4 is 23.0 Å². The van der Waals surface area contributed by atoms with Crippen LogP contribution in [0.5, 0.6) is 5.75 Å². The average Bonchev–Trinajstić information content (AvgIpc) is 3.22. The van der Waals surface area contributed by atoms with Crippen LogP contribution in [-0.4, -0.2) is 26.9 Å². The Morgan fingerprint density at radius 3 is 2.67 bits per heavy atom. The maximum absolute atomic E-state index is 12.1. The van der Waals surface area contributed by atoms with Crippen LogP contribution in [-0.2, 0) is 0 Å². The summed E-state index contributed by atoms with van der Waals surface area (Å²) in [5, 5.41) is 20.2. The number of nitrogens with one attached hydrogen (secondary N) is 2. The van der Waals surface area contributed by atoms with E-state index in [0.717, 1.165) is 16.1 Å². The van der Waals surface area contributed by atoms with E-state index in [0.29, 0.717) is 5.71 Å². The third-order valence-electron chi connectivity index (χ3n) is 3.43. The fourth-order valence-electron chi connectivity index (χ4n) is 2.10. The summed E-state index contributed by atoms with van der Waals surface area (Å²) in [6, 6.07) is 12.3. The van der Waals surface area contributed by atoms with Crippen LogP contribution in [0.4, 0.5) is 0 Å². The quantitative estimate of drug-likeness (QED) is 0.503. The molecular formula is C17H16N4O2S. The number of amides is 1. The predicted octanol–water partition coefficient (Wildman–Crippen LogP) is 3.31. The summed E-state index contributed by atoms with van der Waals surface area (Å²) in [5.41, 5.74) is 5.01.